The molecule has 0 bridgehead atoms. The van der Waals surface area contributed by atoms with Crippen LogP contribution >= 0.6 is 0 Å². The Morgan fingerprint density at radius 3 is 2.70 bits per heavy atom. The number of aromatic nitrogens is 2. The summed E-state index contributed by atoms with van der Waals surface area (Å²) in [6.45, 7) is 10.6. The van der Waals surface area contributed by atoms with Crippen molar-refractivity contribution in [1.29, 1.82) is 5.26 Å². The Hall–Kier alpha value is -3.25. The molecule has 8 heteroatoms. The first-order valence-electron chi connectivity index (χ1n) is 13.6. The highest BCUT2D eigenvalue weighted by atomic mass is 15.4. The molecular weight excluding hydrogens is 460 g/mol. The van der Waals surface area contributed by atoms with Crippen molar-refractivity contribution in [3.05, 3.63) is 60.0 Å². The van der Waals surface area contributed by atoms with Crippen LogP contribution in [-0.2, 0) is 6.42 Å². The maximum absolute atomic E-state index is 9.54. The molecule has 37 heavy (non-hydrogen) atoms. The molecule has 3 aromatic rings. The first-order valence-corrected chi connectivity index (χ1v) is 13.6. The largest absolute Gasteiger partial charge is 0.369 e. The molecule has 3 fully saturated rings. The van der Waals surface area contributed by atoms with Gasteiger partial charge < -0.3 is 20.4 Å². The van der Waals surface area contributed by atoms with Gasteiger partial charge in [-0.15, -0.1) is 0 Å². The van der Waals surface area contributed by atoms with Crippen molar-refractivity contribution in [1.82, 2.24) is 19.8 Å². The number of piperazine rings is 2. The molecule has 2 N–H and O–H groups in total. The standard InChI is InChI=1S/C29H36N8/c1-21-17-36(28-7-4-22(15-30)29-27(28)3-2-10-32-29)20-26-19-34(13-14-37(21)26)11-9-24-5-6-25(16-33-24)35-12-8-23(31)18-35/h2-7,10,16,21,23,26H,8-9,11-14,17-20,31H2,1H3. The summed E-state index contributed by atoms with van der Waals surface area (Å²) in [6.07, 6.45) is 5.82. The molecular formula is C29H36N8. The topological polar surface area (TPSA) is 88.5 Å². The fraction of sp³-hybridized carbons (Fsp3) is 0.483. The molecule has 3 unspecified atom stereocenters. The van der Waals surface area contributed by atoms with Gasteiger partial charge in [0.05, 0.1) is 23.0 Å². The lowest BCUT2D eigenvalue weighted by Gasteiger charge is -2.51. The summed E-state index contributed by atoms with van der Waals surface area (Å²) >= 11 is 0. The number of nitriles is 1. The molecule has 0 radical (unpaired) electrons. The van der Waals surface area contributed by atoms with Gasteiger partial charge in [-0.05, 0) is 49.7 Å². The van der Waals surface area contributed by atoms with Crippen molar-refractivity contribution >= 4 is 22.3 Å². The van der Waals surface area contributed by atoms with E-state index in [1.165, 1.54) is 11.4 Å². The number of hydrogen-bond donors (Lipinski definition) is 1. The Kier molecular flexibility index (Phi) is 6.68. The van der Waals surface area contributed by atoms with Gasteiger partial charge in [0.2, 0.25) is 0 Å². The molecule has 8 nitrogen and oxygen atoms in total. The van der Waals surface area contributed by atoms with Gasteiger partial charge in [-0.25, -0.2) is 0 Å². The third kappa shape index (κ3) is 4.87. The number of fused-ring (bicyclic) bond motifs is 2. The van der Waals surface area contributed by atoms with E-state index in [9.17, 15) is 5.26 Å². The van der Waals surface area contributed by atoms with E-state index in [2.05, 4.69) is 61.8 Å². The molecule has 0 aliphatic carbocycles. The highest BCUT2D eigenvalue weighted by molar-refractivity contribution is 5.95. The van der Waals surface area contributed by atoms with Crippen LogP contribution in [0.5, 0.6) is 0 Å². The summed E-state index contributed by atoms with van der Waals surface area (Å²) in [6, 6.07) is 16.0. The predicted molar refractivity (Wildman–Crippen MR) is 148 cm³/mol. The number of pyridine rings is 2. The number of hydrogen-bond acceptors (Lipinski definition) is 8. The third-order valence-electron chi connectivity index (χ3n) is 8.39. The maximum atomic E-state index is 9.54. The van der Waals surface area contributed by atoms with E-state index in [4.69, 9.17) is 10.7 Å². The smallest absolute Gasteiger partial charge is 0.101 e. The van der Waals surface area contributed by atoms with Crippen LogP contribution in [0.2, 0.25) is 0 Å². The fourth-order valence-corrected chi connectivity index (χ4v) is 6.40. The minimum absolute atomic E-state index is 0.282. The maximum Gasteiger partial charge on any atom is 0.101 e. The molecule has 1 aromatic carbocycles. The number of nitrogens with zero attached hydrogens (tertiary/aromatic N) is 7. The van der Waals surface area contributed by atoms with Crippen LogP contribution in [0.1, 0.15) is 24.6 Å². The molecule has 192 valence electrons. The molecule has 0 amide bonds. The molecule has 0 saturated carbocycles. The first kappa shape index (κ1) is 24.1. The monoisotopic (exact) mass is 496 g/mol. The van der Waals surface area contributed by atoms with Gasteiger partial charge in [0.25, 0.3) is 0 Å². The average molecular weight is 497 g/mol. The lowest BCUT2D eigenvalue weighted by molar-refractivity contribution is 0.0355. The summed E-state index contributed by atoms with van der Waals surface area (Å²) in [5.74, 6) is 0. The summed E-state index contributed by atoms with van der Waals surface area (Å²) in [4.78, 5) is 19.4. The van der Waals surface area contributed by atoms with Crippen LogP contribution in [0.15, 0.2) is 48.8 Å². The predicted octanol–water partition coefficient (Wildman–Crippen LogP) is 2.48. The van der Waals surface area contributed by atoms with E-state index in [1.54, 1.807) is 6.20 Å². The zero-order chi connectivity index (χ0) is 25.4. The van der Waals surface area contributed by atoms with E-state index in [0.29, 0.717) is 17.6 Å². The van der Waals surface area contributed by atoms with Crippen molar-refractivity contribution in [3.63, 3.8) is 0 Å². The zero-order valence-corrected chi connectivity index (χ0v) is 21.6. The van der Waals surface area contributed by atoms with Crippen molar-refractivity contribution in [2.45, 2.75) is 37.9 Å². The zero-order valence-electron chi connectivity index (χ0n) is 21.6. The van der Waals surface area contributed by atoms with Gasteiger partial charge in [0.15, 0.2) is 0 Å². The molecule has 3 atom stereocenters. The second-order valence-electron chi connectivity index (χ2n) is 10.8. The van der Waals surface area contributed by atoms with Gasteiger partial charge in [0, 0.05) is 99.9 Å². The lowest BCUT2D eigenvalue weighted by Crippen LogP contribution is -2.65. The molecule has 3 aliphatic heterocycles. The van der Waals surface area contributed by atoms with Crippen molar-refractivity contribution in [3.8, 4) is 6.07 Å². The number of rotatable bonds is 5. The number of benzene rings is 1. The minimum atomic E-state index is 0.282. The van der Waals surface area contributed by atoms with Crippen LogP contribution in [0.4, 0.5) is 11.4 Å². The Balaban J connectivity index is 1.11. The summed E-state index contributed by atoms with van der Waals surface area (Å²) < 4.78 is 0. The normalized spacial score (nSPS) is 24.8. The van der Waals surface area contributed by atoms with Crippen LogP contribution in [0, 0.1) is 11.3 Å². The van der Waals surface area contributed by atoms with Crippen LogP contribution in [0.3, 0.4) is 0 Å². The summed E-state index contributed by atoms with van der Waals surface area (Å²) in [7, 11) is 0. The first-order chi connectivity index (χ1) is 18.1. The van der Waals surface area contributed by atoms with E-state index in [0.717, 1.165) is 81.8 Å². The third-order valence-corrected chi connectivity index (χ3v) is 8.39. The van der Waals surface area contributed by atoms with Gasteiger partial charge >= 0.3 is 0 Å². The van der Waals surface area contributed by atoms with Gasteiger partial charge in [-0.1, -0.05) is 0 Å². The second kappa shape index (κ2) is 10.3. The highest BCUT2D eigenvalue weighted by Gasteiger charge is 2.36. The van der Waals surface area contributed by atoms with Crippen LogP contribution < -0.4 is 15.5 Å². The van der Waals surface area contributed by atoms with Gasteiger partial charge in [-0.3, -0.25) is 14.9 Å². The Morgan fingerprint density at radius 2 is 1.92 bits per heavy atom. The van der Waals surface area contributed by atoms with Crippen molar-refractivity contribution in [2.75, 3.05) is 62.2 Å². The second-order valence-corrected chi connectivity index (χ2v) is 10.8. The molecule has 6 rings (SSSR count). The van der Waals surface area contributed by atoms with E-state index in [-0.39, 0.29) is 6.04 Å². The van der Waals surface area contributed by atoms with Crippen molar-refractivity contribution < 1.29 is 0 Å². The van der Waals surface area contributed by atoms with Gasteiger partial charge in [-0.2, -0.15) is 5.26 Å². The van der Waals surface area contributed by atoms with Crippen LogP contribution in [0.25, 0.3) is 10.9 Å². The SMILES string of the molecule is CC1CN(c2ccc(C#N)c3ncccc23)CC2CN(CCc3ccc(N4CCC(N)C4)cn3)CCN12. The molecule has 0 spiro atoms. The number of nitrogens with two attached hydrogens (primary N) is 1. The average Bonchev–Trinajstić information content (AvgIpc) is 3.37. The van der Waals surface area contributed by atoms with E-state index in [1.807, 2.05) is 18.3 Å². The molecule has 5 heterocycles. The fourth-order valence-electron chi connectivity index (χ4n) is 6.40. The molecule has 2 aromatic heterocycles. The highest BCUT2D eigenvalue weighted by Crippen LogP contribution is 2.32. The van der Waals surface area contributed by atoms with Gasteiger partial charge in [0.1, 0.15) is 6.07 Å². The Morgan fingerprint density at radius 1 is 1.00 bits per heavy atom. The van der Waals surface area contributed by atoms with E-state index < -0.39 is 0 Å². The molecule has 3 aliphatic rings. The number of anilines is 2. The Labute approximate surface area is 219 Å². The quantitative estimate of drug-likeness (QED) is 0.576. The molecule has 3 saturated heterocycles. The lowest BCUT2D eigenvalue weighted by atomic mass is 10.0. The minimum Gasteiger partial charge on any atom is -0.369 e. The van der Waals surface area contributed by atoms with Crippen molar-refractivity contribution in [2.24, 2.45) is 5.73 Å². The summed E-state index contributed by atoms with van der Waals surface area (Å²) in [5.41, 5.74) is 11.0. The van der Waals surface area contributed by atoms with Crippen LogP contribution in [-0.4, -0.2) is 90.3 Å². The summed E-state index contributed by atoms with van der Waals surface area (Å²) in [5, 5.41) is 10.6. The van der Waals surface area contributed by atoms with E-state index >= 15 is 0 Å². The Bertz CT molecular complexity index is 1290.